The molecule has 18 heavy (non-hydrogen) atoms. The normalized spacial score (nSPS) is 10.3. The van der Waals surface area contributed by atoms with E-state index in [-0.39, 0.29) is 0 Å². The second-order valence-electron chi connectivity index (χ2n) is 4.22. The van der Waals surface area contributed by atoms with E-state index >= 15 is 0 Å². The summed E-state index contributed by atoms with van der Waals surface area (Å²) >= 11 is 2.45. The lowest BCUT2D eigenvalue weighted by Gasteiger charge is -2.25. The quantitative estimate of drug-likeness (QED) is 0.400. The van der Waals surface area contributed by atoms with E-state index in [4.69, 9.17) is 0 Å². The van der Waals surface area contributed by atoms with E-state index in [1.54, 1.807) is 0 Å². The second-order valence-corrected chi connectivity index (χ2v) is 5.30. The fourth-order valence-electron chi connectivity index (χ4n) is 1.99. The molecule has 2 aromatic rings. The number of para-hydroxylation sites is 2. The van der Waals surface area contributed by atoms with Crippen LogP contribution < -0.4 is 4.90 Å². The molecule has 0 saturated carbocycles. The summed E-state index contributed by atoms with van der Waals surface area (Å²) in [4.78, 5) is 2.40. The van der Waals surface area contributed by atoms with Gasteiger partial charge in [0.25, 0.3) is 0 Å². The van der Waals surface area contributed by atoms with Gasteiger partial charge in [-0.15, -0.1) is 0 Å². The van der Waals surface area contributed by atoms with E-state index < -0.39 is 0 Å². The zero-order valence-electron chi connectivity index (χ0n) is 10.4. The van der Waals surface area contributed by atoms with Crippen LogP contribution in [0.2, 0.25) is 0 Å². The Morgan fingerprint density at radius 3 is 1.67 bits per heavy atom. The number of nitrogens with zero attached hydrogens (tertiary/aromatic N) is 1. The third-order valence-corrected chi connectivity index (χ3v) is 3.66. The van der Waals surface area contributed by atoms with Gasteiger partial charge in [-0.3, -0.25) is 0 Å². The molecule has 0 unspecified atom stereocenters. The third kappa shape index (κ3) is 3.73. The van der Waals surface area contributed by atoms with E-state index in [2.05, 4.69) is 88.2 Å². The predicted molar refractivity (Wildman–Crippen MR) is 88.0 cm³/mol. The number of benzene rings is 2. The van der Waals surface area contributed by atoms with Crippen molar-refractivity contribution in [1.29, 1.82) is 0 Å². The molecule has 94 valence electrons. The molecule has 0 radical (unpaired) electrons. The average molecular weight is 351 g/mol. The highest BCUT2D eigenvalue weighted by Gasteiger charge is 2.07. The minimum Gasteiger partial charge on any atom is -0.341 e. The molecule has 0 aliphatic carbocycles. The van der Waals surface area contributed by atoms with Crippen LogP contribution in [0.15, 0.2) is 60.7 Å². The molecule has 0 heterocycles. The number of unbranched alkanes of at least 4 members (excludes halogenated alkanes) is 1. The first-order chi connectivity index (χ1) is 8.92. The van der Waals surface area contributed by atoms with Gasteiger partial charge in [-0.05, 0) is 41.5 Å². The van der Waals surface area contributed by atoms with Crippen molar-refractivity contribution in [2.24, 2.45) is 0 Å². The SMILES string of the molecule is ICCCCN(c1ccccc1)c1ccccc1. The summed E-state index contributed by atoms with van der Waals surface area (Å²) in [5.74, 6) is 0. The smallest absolute Gasteiger partial charge is 0.0410 e. The van der Waals surface area contributed by atoms with Crippen LogP contribution in [0.1, 0.15) is 12.8 Å². The van der Waals surface area contributed by atoms with Crippen molar-refractivity contribution < 1.29 is 0 Å². The van der Waals surface area contributed by atoms with Crippen LogP contribution in [-0.2, 0) is 0 Å². The van der Waals surface area contributed by atoms with Crippen LogP contribution >= 0.6 is 22.6 Å². The second kappa shape index (κ2) is 7.41. The van der Waals surface area contributed by atoms with Gasteiger partial charge in [0.2, 0.25) is 0 Å². The van der Waals surface area contributed by atoms with Crippen molar-refractivity contribution in [2.45, 2.75) is 12.8 Å². The van der Waals surface area contributed by atoms with Gasteiger partial charge < -0.3 is 4.90 Å². The van der Waals surface area contributed by atoms with Crippen molar-refractivity contribution in [2.75, 3.05) is 15.9 Å². The Labute approximate surface area is 123 Å². The highest BCUT2D eigenvalue weighted by Crippen LogP contribution is 2.25. The van der Waals surface area contributed by atoms with Gasteiger partial charge in [-0.25, -0.2) is 0 Å². The van der Waals surface area contributed by atoms with Crippen molar-refractivity contribution >= 4 is 34.0 Å². The number of halogens is 1. The zero-order chi connectivity index (χ0) is 12.6. The van der Waals surface area contributed by atoms with Crippen LogP contribution in [0.3, 0.4) is 0 Å². The molecular weight excluding hydrogens is 333 g/mol. The summed E-state index contributed by atoms with van der Waals surface area (Å²) in [6.45, 7) is 1.08. The minimum absolute atomic E-state index is 1.08. The van der Waals surface area contributed by atoms with Gasteiger partial charge in [0.05, 0.1) is 0 Å². The molecule has 0 atom stereocenters. The lowest BCUT2D eigenvalue weighted by molar-refractivity contribution is 0.798. The third-order valence-electron chi connectivity index (χ3n) is 2.90. The molecule has 0 fully saturated rings. The fraction of sp³-hybridized carbons (Fsp3) is 0.250. The highest BCUT2D eigenvalue weighted by atomic mass is 127. The average Bonchev–Trinajstić information content (AvgIpc) is 2.46. The molecule has 0 amide bonds. The fourth-order valence-corrected chi connectivity index (χ4v) is 2.53. The Morgan fingerprint density at radius 1 is 0.722 bits per heavy atom. The molecule has 2 heteroatoms. The van der Waals surface area contributed by atoms with E-state index in [0.717, 1.165) is 6.54 Å². The van der Waals surface area contributed by atoms with Crippen molar-refractivity contribution in [3.63, 3.8) is 0 Å². The van der Waals surface area contributed by atoms with E-state index in [9.17, 15) is 0 Å². The van der Waals surface area contributed by atoms with E-state index in [1.807, 2.05) is 0 Å². The van der Waals surface area contributed by atoms with E-state index in [0.29, 0.717) is 0 Å². The first kappa shape index (κ1) is 13.4. The maximum atomic E-state index is 2.45. The first-order valence-electron chi connectivity index (χ1n) is 6.35. The molecule has 0 spiro atoms. The summed E-state index contributed by atoms with van der Waals surface area (Å²) < 4.78 is 1.23. The Bertz CT molecular complexity index is 402. The van der Waals surface area contributed by atoms with Gasteiger partial charge in [-0.2, -0.15) is 0 Å². The first-order valence-corrected chi connectivity index (χ1v) is 7.88. The van der Waals surface area contributed by atoms with Crippen molar-refractivity contribution in [1.82, 2.24) is 0 Å². The molecule has 0 aliphatic rings. The largest absolute Gasteiger partial charge is 0.341 e. The van der Waals surface area contributed by atoms with Crippen LogP contribution in [0.5, 0.6) is 0 Å². The molecule has 0 N–H and O–H groups in total. The minimum atomic E-state index is 1.08. The molecule has 1 nitrogen and oxygen atoms in total. The van der Waals surface area contributed by atoms with Crippen LogP contribution in [0.4, 0.5) is 11.4 Å². The summed E-state index contributed by atoms with van der Waals surface area (Å²) in [6.07, 6.45) is 2.50. The number of alkyl halides is 1. The Balaban J connectivity index is 2.18. The summed E-state index contributed by atoms with van der Waals surface area (Å²) in [6, 6.07) is 21.2. The Hall–Kier alpha value is -1.03. The molecule has 0 aliphatic heterocycles. The topological polar surface area (TPSA) is 3.24 Å². The summed E-state index contributed by atoms with van der Waals surface area (Å²) in [7, 11) is 0. The Kier molecular flexibility index (Phi) is 5.52. The number of rotatable bonds is 6. The van der Waals surface area contributed by atoms with Gasteiger partial charge in [-0.1, -0.05) is 59.0 Å². The lowest BCUT2D eigenvalue weighted by atomic mass is 10.2. The lowest BCUT2D eigenvalue weighted by Crippen LogP contribution is -2.18. The molecule has 2 aromatic carbocycles. The monoisotopic (exact) mass is 351 g/mol. The molecule has 0 bridgehead atoms. The number of hydrogen-bond donors (Lipinski definition) is 0. The highest BCUT2D eigenvalue weighted by molar-refractivity contribution is 14.1. The van der Waals surface area contributed by atoms with Gasteiger partial charge >= 0.3 is 0 Å². The van der Waals surface area contributed by atoms with Gasteiger partial charge in [0.1, 0.15) is 0 Å². The molecule has 0 saturated heterocycles. The number of hydrogen-bond acceptors (Lipinski definition) is 1. The summed E-state index contributed by atoms with van der Waals surface area (Å²) in [5, 5.41) is 0. The Morgan fingerprint density at radius 2 is 1.22 bits per heavy atom. The zero-order valence-corrected chi connectivity index (χ0v) is 12.6. The van der Waals surface area contributed by atoms with Crippen molar-refractivity contribution in [3.05, 3.63) is 60.7 Å². The van der Waals surface area contributed by atoms with Crippen LogP contribution in [0.25, 0.3) is 0 Å². The van der Waals surface area contributed by atoms with Crippen molar-refractivity contribution in [3.8, 4) is 0 Å². The summed E-state index contributed by atoms with van der Waals surface area (Å²) in [5.41, 5.74) is 2.55. The molecular formula is C16H18IN. The van der Waals surface area contributed by atoms with Gasteiger partial charge in [0.15, 0.2) is 0 Å². The maximum Gasteiger partial charge on any atom is 0.0410 e. The maximum absolute atomic E-state index is 2.45. The number of anilines is 2. The van der Waals surface area contributed by atoms with Gasteiger partial charge in [0, 0.05) is 17.9 Å². The predicted octanol–water partition coefficient (Wildman–Crippen LogP) is 5.04. The van der Waals surface area contributed by atoms with E-state index in [1.165, 1.54) is 28.6 Å². The molecule has 2 rings (SSSR count). The standard InChI is InChI=1S/C16H18IN/c17-13-7-8-14-18(15-9-3-1-4-10-15)16-11-5-2-6-12-16/h1-6,9-12H,7-8,13-14H2. The van der Waals surface area contributed by atoms with Crippen LogP contribution in [-0.4, -0.2) is 11.0 Å². The molecule has 0 aromatic heterocycles. The van der Waals surface area contributed by atoms with Crippen LogP contribution in [0, 0.1) is 0 Å².